The van der Waals surface area contributed by atoms with E-state index in [4.69, 9.17) is 0 Å². The first-order chi connectivity index (χ1) is 8.47. The number of benzene rings is 1. The van der Waals surface area contributed by atoms with Crippen LogP contribution >= 0.6 is 0 Å². The fourth-order valence-corrected chi connectivity index (χ4v) is 2.01. The molecule has 3 N–H and O–H groups in total. The third-order valence-corrected chi connectivity index (χ3v) is 2.76. The van der Waals surface area contributed by atoms with Crippen molar-refractivity contribution in [2.24, 2.45) is 0 Å². The van der Waals surface area contributed by atoms with Gasteiger partial charge in [0.15, 0.2) is 0 Å². The molecule has 5 nitrogen and oxygen atoms in total. The van der Waals surface area contributed by atoms with Gasteiger partial charge in [0.1, 0.15) is 5.69 Å². The van der Waals surface area contributed by atoms with E-state index in [0.29, 0.717) is 0 Å². The fourth-order valence-electron chi connectivity index (χ4n) is 2.01. The number of nitrogens with one attached hydrogen (secondary N) is 3. The minimum Gasteiger partial charge on any atom is -0.320 e. The summed E-state index contributed by atoms with van der Waals surface area (Å²) in [5.41, 5.74) is 3.83. The molecule has 0 spiro atoms. The van der Waals surface area contributed by atoms with Crippen LogP contribution in [0.5, 0.6) is 0 Å². The monoisotopic (exact) mass is 245 g/mol. The van der Waals surface area contributed by atoms with Gasteiger partial charge in [-0.2, -0.15) is 0 Å². The maximum absolute atomic E-state index is 11.9. The first-order valence-electron chi connectivity index (χ1n) is 5.64. The van der Waals surface area contributed by atoms with Crippen LogP contribution in [0, 0.1) is 20.8 Å². The van der Waals surface area contributed by atoms with Crippen molar-refractivity contribution in [2.75, 3.05) is 5.32 Å². The van der Waals surface area contributed by atoms with Crippen molar-refractivity contribution in [3.8, 4) is 0 Å². The maximum atomic E-state index is 11.9. The van der Waals surface area contributed by atoms with Gasteiger partial charge in [-0.05, 0) is 31.9 Å². The number of amides is 1. The van der Waals surface area contributed by atoms with E-state index in [1.807, 2.05) is 32.9 Å². The summed E-state index contributed by atoms with van der Waals surface area (Å²) < 4.78 is 0. The second kappa shape index (κ2) is 4.52. The number of anilines is 1. The van der Waals surface area contributed by atoms with E-state index in [1.165, 1.54) is 6.07 Å². The molecule has 1 heterocycles. The number of carbonyl (C=O) groups is 1. The second-order valence-electron chi connectivity index (χ2n) is 4.40. The van der Waals surface area contributed by atoms with Gasteiger partial charge in [-0.15, -0.1) is 0 Å². The molecule has 0 aliphatic heterocycles. The minimum atomic E-state index is -0.330. The molecule has 0 fully saturated rings. The number of H-pyrrole nitrogens is 2. The summed E-state index contributed by atoms with van der Waals surface area (Å²) in [6.07, 6.45) is 0. The zero-order chi connectivity index (χ0) is 13.3. The summed E-state index contributed by atoms with van der Waals surface area (Å²) in [4.78, 5) is 22.9. The highest BCUT2D eigenvalue weighted by molar-refractivity contribution is 6.03. The molecule has 0 aliphatic carbocycles. The third kappa shape index (κ3) is 2.34. The molecule has 1 aromatic carbocycles. The summed E-state index contributed by atoms with van der Waals surface area (Å²) in [6.45, 7) is 5.89. The fraction of sp³-hybridized carbons (Fsp3) is 0.231. The van der Waals surface area contributed by atoms with Gasteiger partial charge in [0.05, 0.1) is 0 Å². The number of aryl methyl sites for hydroxylation is 3. The highest BCUT2D eigenvalue weighted by atomic mass is 16.2. The van der Waals surface area contributed by atoms with Gasteiger partial charge in [0, 0.05) is 11.8 Å². The lowest BCUT2D eigenvalue weighted by Crippen LogP contribution is -2.14. The number of rotatable bonds is 2. The van der Waals surface area contributed by atoms with E-state index in [0.717, 1.165) is 22.4 Å². The molecule has 2 aromatic rings. The van der Waals surface area contributed by atoms with E-state index >= 15 is 0 Å². The van der Waals surface area contributed by atoms with Gasteiger partial charge >= 0.3 is 0 Å². The van der Waals surface area contributed by atoms with Gasteiger partial charge in [0.25, 0.3) is 11.5 Å². The number of aromatic nitrogens is 2. The molecule has 5 heteroatoms. The molecule has 0 unspecified atom stereocenters. The summed E-state index contributed by atoms with van der Waals surface area (Å²) in [6, 6.07) is 5.24. The highest BCUT2D eigenvalue weighted by Crippen LogP contribution is 2.22. The molecule has 0 saturated heterocycles. The Bertz CT molecular complexity index is 629. The van der Waals surface area contributed by atoms with Crippen LogP contribution in [-0.4, -0.2) is 16.1 Å². The predicted octanol–water partition coefficient (Wildman–Crippen LogP) is 1.88. The first-order valence-corrected chi connectivity index (χ1v) is 5.64. The number of aromatic amines is 2. The van der Waals surface area contributed by atoms with E-state index in [9.17, 15) is 9.59 Å². The molecule has 0 radical (unpaired) electrons. The molecule has 94 valence electrons. The molecule has 0 bridgehead atoms. The average molecular weight is 245 g/mol. The Hall–Kier alpha value is -2.30. The molecule has 18 heavy (non-hydrogen) atoms. The van der Waals surface area contributed by atoms with Crippen LogP contribution in [0.4, 0.5) is 5.69 Å². The highest BCUT2D eigenvalue weighted by Gasteiger charge is 2.11. The van der Waals surface area contributed by atoms with Crippen molar-refractivity contribution in [3.05, 3.63) is 50.9 Å². The van der Waals surface area contributed by atoms with Crippen LogP contribution in [0.3, 0.4) is 0 Å². The lowest BCUT2D eigenvalue weighted by atomic mass is 10.1. The van der Waals surface area contributed by atoms with Crippen molar-refractivity contribution < 1.29 is 4.79 Å². The van der Waals surface area contributed by atoms with Crippen LogP contribution in [0.25, 0.3) is 0 Å². The van der Waals surface area contributed by atoms with Crippen LogP contribution in [0.2, 0.25) is 0 Å². The Morgan fingerprint density at radius 1 is 1.06 bits per heavy atom. The maximum Gasteiger partial charge on any atom is 0.273 e. The Morgan fingerprint density at radius 3 is 2.17 bits per heavy atom. The molecule has 0 atom stereocenters. The van der Waals surface area contributed by atoms with Gasteiger partial charge in [0.2, 0.25) is 0 Å². The normalized spacial score (nSPS) is 10.4. The number of hydrogen-bond donors (Lipinski definition) is 3. The zero-order valence-electron chi connectivity index (χ0n) is 10.5. The Morgan fingerprint density at radius 2 is 1.67 bits per heavy atom. The summed E-state index contributed by atoms with van der Waals surface area (Å²) >= 11 is 0. The van der Waals surface area contributed by atoms with Crippen LogP contribution < -0.4 is 10.9 Å². The van der Waals surface area contributed by atoms with E-state index < -0.39 is 0 Å². The van der Waals surface area contributed by atoms with Gasteiger partial charge < -0.3 is 5.32 Å². The molecule has 2 rings (SSSR count). The second-order valence-corrected chi connectivity index (χ2v) is 4.40. The van der Waals surface area contributed by atoms with Crippen molar-refractivity contribution in [1.29, 1.82) is 0 Å². The van der Waals surface area contributed by atoms with Crippen LogP contribution in [0.15, 0.2) is 23.0 Å². The lowest BCUT2D eigenvalue weighted by molar-refractivity contribution is 0.102. The zero-order valence-corrected chi connectivity index (χ0v) is 10.5. The van der Waals surface area contributed by atoms with E-state index in [-0.39, 0.29) is 17.2 Å². The Kier molecular flexibility index (Phi) is 3.06. The van der Waals surface area contributed by atoms with Crippen LogP contribution in [-0.2, 0) is 0 Å². The topological polar surface area (TPSA) is 77.8 Å². The molecule has 1 amide bonds. The van der Waals surface area contributed by atoms with Crippen molar-refractivity contribution >= 4 is 11.6 Å². The van der Waals surface area contributed by atoms with Gasteiger partial charge in [-0.3, -0.25) is 19.8 Å². The summed E-state index contributed by atoms with van der Waals surface area (Å²) in [5.74, 6) is -0.330. The third-order valence-electron chi connectivity index (χ3n) is 2.76. The number of hydrogen-bond acceptors (Lipinski definition) is 2. The predicted molar refractivity (Wildman–Crippen MR) is 70.0 cm³/mol. The molecule has 1 aromatic heterocycles. The standard InChI is InChI=1S/C13H15N3O2/c1-7-4-8(2)12(9(3)5-7)14-13(18)10-6-11(17)16-15-10/h4-6H,1-3H3,(H,14,18)(H2,15,16,17). The lowest BCUT2D eigenvalue weighted by Gasteiger charge is -2.12. The Labute approximate surface area is 104 Å². The summed E-state index contributed by atoms with van der Waals surface area (Å²) in [7, 11) is 0. The number of carbonyl (C=O) groups excluding carboxylic acids is 1. The van der Waals surface area contributed by atoms with Crippen molar-refractivity contribution in [2.45, 2.75) is 20.8 Å². The van der Waals surface area contributed by atoms with E-state index in [2.05, 4.69) is 15.5 Å². The molecular formula is C13H15N3O2. The smallest absolute Gasteiger partial charge is 0.273 e. The first kappa shape index (κ1) is 12.2. The average Bonchev–Trinajstić information content (AvgIpc) is 2.70. The van der Waals surface area contributed by atoms with E-state index in [1.54, 1.807) is 0 Å². The molecule has 0 aliphatic rings. The van der Waals surface area contributed by atoms with Crippen molar-refractivity contribution in [1.82, 2.24) is 10.2 Å². The largest absolute Gasteiger partial charge is 0.320 e. The summed E-state index contributed by atoms with van der Waals surface area (Å²) in [5, 5.41) is 7.66. The van der Waals surface area contributed by atoms with Gasteiger partial charge in [-0.25, -0.2) is 0 Å². The molecule has 0 saturated carbocycles. The Balaban J connectivity index is 2.30. The van der Waals surface area contributed by atoms with Crippen LogP contribution in [0.1, 0.15) is 27.2 Å². The molecular weight excluding hydrogens is 230 g/mol. The van der Waals surface area contributed by atoms with Gasteiger partial charge in [-0.1, -0.05) is 17.7 Å². The SMILES string of the molecule is Cc1cc(C)c(NC(=O)c2cc(=O)[nH][nH]2)c(C)c1. The quantitative estimate of drug-likeness (QED) is 0.755. The van der Waals surface area contributed by atoms with Crippen molar-refractivity contribution in [3.63, 3.8) is 0 Å². The minimum absolute atomic E-state index is 0.222.